The molecule has 2 aromatic rings. The second-order valence-electron chi connectivity index (χ2n) is 4.83. The van der Waals surface area contributed by atoms with E-state index < -0.39 is 0 Å². The van der Waals surface area contributed by atoms with Gasteiger partial charge in [0.05, 0.1) is 6.10 Å². The van der Waals surface area contributed by atoms with E-state index in [1.807, 2.05) is 0 Å². The van der Waals surface area contributed by atoms with Crippen molar-refractivity contribution in [2.45, 2.75) is 25.9 Å². The van der Waals surface area contributed by atoms with Crippen LogP contribution >= 0.6 is 0 Å². The first-order valence-electron chi connectivity index (χ1n) is 5.97. The zero-order valence-electron chi connectivity index (χ0n) is 9.52. The van der Waals surface area contributed by atoms with E-state index in [0.717, 1.165) is 11.7 Å². The molecule has 1 aliphatic carbocycles. The molecular weight excluding hydrogens is 196 g/mol. The van der Waals surface area contributed by atoms with E-state index in [9.17, 15) is 0 Å². The Morgan fingerprint density at radius 3 is 2.50 bits per heavy atom. The summed E-state index contributed by atoms with van der Waals surface area (Å²) in [6.07, 6.45) is 2.84. The molecule has 0 unspecified atom stereocenters. The summed E-state index contributed by atoms with van der Waals surface area (Å²) in [6, 6.07) is 14.7. The average molecular weight is 212 g/mol. The highest BCUT2D eigenvalue weighted by atomic mass is 16.5. The van der Waals surface area contributed by atoms with E-state index in [-0.39, 0.29) is 0 Å². The standard InChI is InChI=1S/C15H16O/c1-11-8-15(9-11)16-14-7-6-12-4-2-3-5-13(12)10-14/h2-7,10-11,15H,8-9H2,1H3. The van der Waals surface area contributed by atoms with E-state index >= 15 is 0 Å². The van der Waals surface area contributed by atoms with Gasteiger partial charge in [0.15, 0.2) is 0 Å². The first-order chi connectivity index (χ1) is 7.81. The summed E-state index contributed by atoms with van der Waals surface area (Å²) >= 11 is 0. The zero-order chi connectivity index (χ0) is 11.0. The van der Waals surface area contributed by atoms with Crippen LogP contribution in [-0.4, -0.2) is 6.10 Å². The summed E-state index contributed by atoms with van der Waals surface area (Å²) in [4.78, 5) is 0. The van der Waals surface area contributed by atoms with E-state index in [4.69, 9.17) is 4.74 Å². The minimum absolute atomic E-state index is 0.441. The molecule has 1 nitrogen and oxygen atoms in total. The molecule has 16 heavy (non-hydrogen) atoms. The Morgan fingerprint density at radius 1 is 1.00 bits per heavy atom. The highest BCUT2D eigenvalue weighted by Crippen LogP contribution is 2.31. The van der Waals surface area contributed by atoms with Crippen LogP contribution in [0, 0.1) is 5.92 Å². The maximum Gasteiger partial charge on any atom is 0.120 e. The average Bonchev–Trinajstić information content (AvgIpc) is 2.27. The van der Waals surface area contributed by atoms with Gasteiger partial charge >= 0.3 is 0 Å². The third-order valence-electron chi connectivity index (χ3n) is 3.35. The Labute approximate surface area is 96.0 Å². The van der Waals surface area contributed by atoms with Gasteiger partial charge in [0.25, 0.3) is 0 Å². The fourth-order valence-electron chi connectivity index (χ4n) is 2.36. The fourth-order valence-corrected chi connectivity index (χ4v) is 2.36. The summed E-state index contributed by atoms with van der Waals surface area (Å²) in [5.74, 6) is 1.85. The molecule has 0 N–H and O–H groups in total. The molecule has 0 saturated heterocycles. The van der Waals surface area contributed by atoms with Crippen molar-refractivity contribution in [1.82, 2.24) is 0 Å². The third-order valence-corrected chi connectivity index (χ3v) is 3.35. The summed E-state index contributed by atoms with van der Waals surface area (Å²) in [5, 5.41) is 2.53. The molecule has 0 radical (unpaired) electrons. The maximum atomic E-state index is 5.93. The van der Waals surface area contributed by atoms with Gasteiger partial charge in [-0.25, -0.2) is 0 Å². The van der Waals surface area contributed by atoms with E-state index in [0.29, 0.717) is 6.10 Å². The molecule has 1 aliphatic rings. The van der Waals surface area contributed by atoms with Crippen molar-refractivity contribution in [3.63, 3.8) is 0 Å². The number of ether oxygens (including phenoxy) is 1. The van der Waals surface area contributed by atoms with Crippen LogP contribution in [0.1, 0.15) is 19.8 Å². The smallest absolute Gasteiger partial charge is 0.120 e. The van der Waals surface area contributed by atoms with Crippen molar-refractivity contribution in [3.8, 4) is 5.75 Å². The molecule has 0 amide bonds. The van der Waals surface area contributed by atoms with E-state index in [1.54, 1.807) is 0 Å². The lowest BCUT2D eigenvalue weighted by atomic mass is 9.84. The van der Waals surface area contributed by atoms with Crippen molar-refractivity contribution in [2.75, 3.05) is 0 Å². The third kappa shape index (κ3) is 1.78. The number of fused-ring (bicyclic) bond motifs is 1. The lowest BCUT2D eigenvalue weighted by Crippen LogP contribution is -2.31. The van der Waals surface area contributed by atoms with Crippen molar-refractivity contribution in [1.29, 1.82) is 0 Å². The number of hydrogen-bond acceptors (Lipinski definition) is 1. The van der Waals surface area contributed by atoms with Crippen molar-refractivity contribution < 1.29 is 4.74 Å². The molecule has 0 aliphatic heterocycles. The Bertz CT molecular complexity index is 498. The van der Waals surface area contributed by atoms with Crippen molar-refractivity contribution >= 4 is 10.8 Å². The Balaban J connectivity index is 1.82. The molecule has 1 heteroatoms. The van der Waals surface area contributed by atoms with Crippen LogP contribution in [-0.2, 0) is 0 Å². The first-order valence-corrected chi connectivity index (χ1v) is 5.97. The largest absolute Gasteiger partial charge is 0.490 e. The van der Waals surface area contributed by atoms with Gasteiger partial charge < -0.3 is 4.74 Å². The van der Waals surface area contributed by atoms with Crippen molar-refractivity contribution in [3.05, 3.63) is 42.5 Å². The maximum absolute atomic E-state index is 5.93. The molecule has 0 bridgehead atoms. The topological polar surface area (TPSA) is 9.23 Å². The lowest BCUT2D eigenvalue weighted by molar-refractivity contribution is 0.0740. The van der Waals surface area contributed by atoms with Crippen LogP contribution in [0.25, 0.3) is 10.8 Å². The molecular formula is C15H16O. The number of benzene rings is 2. The van der Waals surface area contributed by atoms with Gasteiger partial charge in [-0.1, -0.05) is 37.3 Å². The van der Waals surface area contributed by atoms with Crippen LogP contribution in [0.4, 0.5) is 0 Å². The van der Waals surface area contributed by atoms with Gasteiger partial charge in [0, 0.05) is 0 Å². The quantitative estimate of drug-likeness (QED) is 0.730. The van der Waals surface area contributed by atoms with Crippen LogP contribution < -0.4 is 4.74 Å². The van der Waals surface area contributed by atoms with Gasteiger partial charge in [-0.15, -0.1) is 0 Å². The summed E-state index contributed by atoms with van der Waals surface area (Å²) < 4.78 is 5.93. The van der Waals surface area contributed by atoms with Crippen LogP contribution in [0.3, 0.4) is 0 Å². The highest BCUT2D eigenvalue weighted by Gasteiger charge is 2.26. The first kappa shape index (κ1) is 9.71. The number of rotatable bonds is 2. The number of hydrogen-bond donors (Lipinski definition) is 0. The molecule has 1 saturated carbocycles. The molecule has 3 rings (SSSR count). The monoisotopic (exact) mass is 212 g/mol. The second-order valence-corrected chi connectivity index (χ2v) is 4.83. The van der Waals surface area contributed by atoms with E-state index in [2.05, 4.69) is 49.4 Å². The fraction of sp³-hybridized carbons (Fsp3) is 0.333. The Morgan fingerprint density at radius 2 is 1.75 bits per heavy atom. The SMILES string of the molecule is CC1CC(Oc2ccc3ccccc3c2)C1. The van der Waals surface area contributed by atoms with Gasteiger partial charge in [-0.3, -0.25) is 0 Å². The summed E-state index contributed by atoms with van der Waals surface area (Å²) in [6.45, 7) is 2.28. The molecule has 82 valence electrons. The van der Waals surface area contributed by atoms with Crippen LogP contribution in [0.15, 0.2) is 42.5 Å². The molecule has 0 heterocycles. The van der Waals surface area contributed by atoms with Gasteiger partial charge in [-0.05, 0) is 41.7 Å². The van der Waals surface area contributed by atoms with Gasteiger partial charge in [0.1, 0.15) is 5.75 Å². The van der Waals surface area contributed by atoms with Crippen LogP contribution in [0.5, 0.6) is 5.75 Å². The highest BCUT2D eigenvalue weighted by molar-refractivity contribution is 5.83. The van der Waals surface area contributed by atoms with E-state index in [1.165, 1.54) is 23.6 Å². The predicted molar refractivity (Wildman–Crippen MR) is 66.8 cm³/mol. The molecule has 0 aromatic heterocycles. The minimum Gasteiger partial charge on any atom is -0.490 e. The summed E-state index contributed by atoms with van der Waals surface area (Å²) in [5.41, 5.74) is 0. The lowest BCUT2D eigenvalue weighted by Gasteiger charge is -2.32. The second kappa shape index (κ2) is 3.82. The van der Waals surface area contributed by atoms with Crippen LogP contribution in [0.2, 0.25) is 0 Å². The minimum atomic E-state index is 0.441. The molecule has 0 spiro atoms. The molecule has 0 atom stereocenters. The molecule has 1 fully saturated rings. The predicted octanol–water partition coefficient (Wildman–Crippen LogP) is 4.02. The molecule has 2 aromatic carbocycles. The van der Waals surface area contributed by atoms with Crippen molar-refractivity contribution in [2.24, 2.45) is 5.92 Å². The Hall–Kier alpha value is -1.50. The zero-order valence-corrected chi connectivity index (χ0v) is 9.52. The van der Waals surface area contributed by atoms with Gasteiger partial charge in [-0.2, -0.15) is 0 Å². The normalized spacial score (nSPS) is 24.1. The Kier molecular flexibility index (Phi) is 2.32. The van der Waals surface area contributed by atoms with Gasteiger partial charge in [0.2, 0.25) is 0 Å². The summed E-state index contributed by atoms with van der Waals surface area (Å²) in [7, 11) is 0.